The van der Waals surface area contributed by atoms with E-state index in [1.165, 1.54) is 10.9 Å². The maximum Gasteiger partial charge on any atom is 0.317 e. The number of fused-ring (bicyclic) bond motifs is 1. The number of rotatable bonds is 2. The minimum absolute atomic E-state index is 0. The minimum Gasteiger partial charge on any atom is -0.353 e. The molecule has 3 rings (SSSR count). The number of aryl methyl sites for hydroxylation is 1. The number of hydrogen-bond acceptors (Lipinski definition) is 3. The Hall–Kier alpha value is -2.01. The number of urea groups is 1. The lowest BCUT2D eigenvalue weighted by Gasteiger charge is -2.36. The summed E-state index contributed by atoms with van der Waals surface area (Å²) in [4.78, 5) is 21.0. The molecule has 1 aliphatic rings. The molecule has 0 atom stereocenters. The number of amides is 2. The van der Waals surface area contributed by atoms with Crippen LogP contribution >= 0.6 is 12.4 Å². The van der Waals surface area contributed by atoms with Crippen LogP contribution in [0, 0.1) is 6.92 Å². The Morgan fingerprint density at radius 2 is 1.83 bits per heavy atom. The second-order valence-electron chi connectivity index (χ2n) is 6.39. The molecule has 6 heteroatoms. The Morgan fingerprint density at radius 3 is 2.50 bits per heavy atom. The van der Waals surface area contributed by atoms with Gasteiger partial charge in [0.15, 0.2) is 0 Å². The minimum atomic E-state index is 0. The van der Waals surface area contributed by atoms with Crippen molar-refractivity contribution < 1.29 is 4.79 Å². The molecule has 0 aliphatic carbocycles. The first-order valence-corrected chi connectivity index (χ1v) is 8.21. The summed E-state index contributed by atoms with van der Waals surface area (Å²) >= 11 is 0. The van der Waals surface area contributed by atoms with Crippen LogP contribution in [-0.2, 0) is 0 Å². The summed E-state index contributed by atoms with van der Waals surface area (Å²) in [5.41, 5.74) is 2.27. The molecular formula is C18H25ClN4O. The molecule has 2 aromatic rings. The van der Waals surface area contributed by atoms with Gasteiger partial charge in [-0.1, -0.05) is 18.2 Å². The maximum absolute atomic E-state index is 12.1. The zero-order valence-electron chi connectivity index (χ0n) is 14.5. The molecule has 0 saturated carbocycles. The number of aromatic nitrogens is 1. The predicted octanol–water partition coefficient (Wildman–Crippen LogP) is 3.21. The predicted molar refractivity (Wildman–Crippen MR) is 101 cm³/mol. The van der Waals surface area contributed by atoms with Crippen molar-refractivity contribution in [2.75, 3.05) is 31.1 Å². The van der Waals surface area contributed by atoms with Crippen LogP contribution in [0.5, 0.6) is 0 Å². The summed E-state index contributed by atoms with van der Waals surface area (Å²) in [5, 5.41) is 4.15. The van der Waals surface area contributed by atoms with E-state index in [0.717, 1.165) is 37.5 Å². The highest BCUT2D eigenvalue weighted by Crippen LogP contribution is 2.23. The van der Waals surface area contributed by atoms with Gasteiger partial charge in [0.25, 0.3) is 0 Å². The van der Waals surface area contributed by atoms with E-state index in [4.69, 9.17) is 4.98 Å². The van der Waals surface area contributed by atoms with Gasteiger partial charge in [-0.15, -0.1) is 12.4 Å². The third kappa shape index (κ3) is 3.90. The molecular weight excluding hydrogens is 324 g/mol. The maximum atomic E-state index is 12.1. The Kier molecular flexibility index (Phi) is 5.89. The van der Waals surface area contributed by atoms with Crippen LogP contribution in [0.3, 0.4) is 0 Å². The first-order valence-electron chi connectivity index (χ1n) is 8.21. The van der Waals surface area contributed by atoms with E-state index < -0.39 is 0 Å². The van der Waals surface area contributed by atoms with Crippen molar-refractivity contribution in [2.45, 2.75) is 26.8 Å². The lowest BCUT2D eigenvalue weighted by atomic mass is 10.1. The molecule has 1 aromatic carbocycles. The van der Waals surface area contributed by atoms with E-state index in [9.17, 15) is 4.79 Å². The van der Waals surface area contributed by atoms with Gasteiger partial charge < -0.3 is 15.1 Å². The van der Waals surface area contributed by atoms with Crippen LogP contribution in [0.15, 0.2) is 30.3 Å². The summed E-state index contributed by atoms with van der Waals surface area (Å²) in [7, 11) is 0. The number of piperazine rings is 1. The zero-order chi connectivity index (χ0) is 16.4. The third-order valence-corrected chi connectivity index (χ3v) is 4.21. The molecule has 0 unspecified atom stereocenters. The Morgan fingerprint density at radius 1 is 1.17 bits per heavy atom. The molecule has 1 N–H and O–H groups in total. The van der Waals surface area contributed by atoms with E-state index in [0.29, 0.717) is 0 Å². The highest BCUT2D eigenvalue weighted by molar-refractivity contribution is 5.85. The molecule has 2 heterocycles. The van der Waals surface area contributed by atoms with Crippen LogP contribution in [-0.4, -0.2) is 48.1 Å². The zero-order valence-corrected chi connectivity index (χ0v) is 15.3. The number of halogens is 1. The summed E-state index contributed by atoms with van der Waals surface area (Å²) < 4.78 is 0. The molecule has 130 valence electrons. The number of carbonyl (C=O) groups is 1. The van der Waals surface area contributed by atoms with E-state index in [-0.39, 0.29) is 24.5 Å². The van der Waals surface area contributed by atoms with Crippen molar-refractivity contribution in [1.82, 2.24) is 15.2 Å². The Labute approximate surface area is 149 Å². The fraction of sp³-hybridized carbons (Fsp3) is 0.444. The number of para-hydroxylation sites is 1. The van der Waals surface area contributed by atoms with E-state index >= 15 is 0 Å². The number of nitrogens with zero attached hydrogens (tertiary/aromatic N) is 3. The summed E-state index contributed by atoms with van der Waals surface area (Å²) in [5.74, 6) is 1.00. The number of nitrogens with one attached hydrogen (secondary N) is 1. The SMILES string of the molecule is Cc1cc(N2CCN(C(=O)NC(C)C)CC2)nc2ccccc12.Cl. The van der Waals surface area contributed by atoms with Crippen LogP contribution in [0.1, 0.15) is 19.4 Å². The van der Waals surface area contributed by atoms with Crippen molar-refractivity contribution in [2.24, 2.45) is 0 Å². The smallest absolute Gasteiger partial charge is 0.317 e. The van der Waals surface area contributed by atoms with Gasteiger partial charge in [-0.05, 0) is 38.5 Å². The molecule has 2 amide bonds. The van der Waals surface area contributed by atoms with Gasteiger partial charge in [0.1, 0.15) is 5.82 Å². The molecule has 24 heavy (non-hydrogen) atoms. The van der Waals surface area contributed by atoms with E-state index in [2.05, 4.69) is 35.3 Å². The molecule has 5 nitrogen and oxygen atoms in total. The van der Waals surface area contributed by atoms with Crippen molar-refractivity contribution in [3.05, 3.63) is 35.9 Å². The third-order valence-electron chi connectivity index (χ3n) is 4.21. The van der Waals surface area contributed by atoms with Crippen LogP contribution in [0.2, 0.25) is 0 Å². The average Bonchev–Trinajstić information content (AvgIpc) is 2.54. The fourth-order valence-corrected chi connectivity index (χ4v) is 2.97. The van der Waals surface area contributed by atoms with Crippen LogP contribution in [0.4, 0.5) is 10.6 Å². The average molecular weight is 349 g/mol. The van der Waals surface area contributed by atoms with Crippen molar-refractivity contribution in [3.8, 4) is 0 Å². The second-order valence-corrected chi connectivity index (χ2v) is 6.39. The normalized spacial score (nSPS) is 14.7. The topological polar surface area (TPSA) is 48.5 Å². The lowest BCUT2D eigenvalue weighted by molar-refractivity contribution is 0.191. The first-order chi connectivity index (χ1) is 11.0. The van der Waals surface area contributed by atoms with E-state index in [1.807, 2.05) is 30.9 Å². The quantitative estimate of drug-likeness (QED) is 0.906. The number of benzene rings is 1. The monoisotopic (exact) mass is 348 g/mol. The first kappa shape index (κ1) is 18.3. The molecule has 1 fully saturated rings. The number of anilines is 1. The molecule has 1 aliphatic heterocycles. The van der Waals surface area contributed by atoms with Crippen LogP contribution in [0.25, 0.3) is 10.9 Å². The Bertz CT molecular complexity index is 711. The fourth-order valence-electron chi connectivity index (χ4n) is 2.97. The van der Waals surface area contributed by atoms with Gasteiger partial charge in [0, 0.05) is 37.6 Å². The molecule has 0 radical (unpaired) electrons. The number of hydrogen-bond donors (Lipinski definition) is 1. The van der Waals surface area contributed by atoms with Gasteiger partial charge in [0.05, 0.1) is 5.52 Å². The number of pyridine rings is 1. The van der Waals surface area contributed by atoms with Crippen LogP contribution < -0.4 is 10.2 Å². The summed E-state index contributed by atoms with van der Waals surface area (Å²) in [6, 6.07) is 10.6. The largest absolute Gasteiger partial charge is 0.353 e. The van der Waals surface area contributed by atoms with Gasteiger partial charge in [-0.25, -0.2) is 9.78 Å². The highest BCUT2D eigenvalue weighted by Gasteiger charge is 2.22. The molecule has 1 saturated heterocycles. The van der Waals surface area contributed by atoms with Crippen molar-refractivity contribution in [3.63, 3.8) is 0 Å². The molecule has 1 aromatic heterocycles. The van der Waals surface area contributed by atoms with Gasteiger partial charge >= 0.3 is 6.03 Å². The Balaban J connectivity index is 0.00000208. The van der Waals surface area contributed by atoms with Gasteiger partial charge in [-0.2, -0.15) is 0 Å². The lowest BCUT2D eigenvalue weighted by Crippen LogP contribution is -2.53. The second kappa shape index (κ2) is 7.71. The van der Waals surface area contributed by atoms with Crippen molar-refractivity contribution >= 4 is 35.2 Å². The van der Waals surface area contributed by atoms with Gasteiger partial charge in [0.2, 0.25) is 0 Å². The van der Waals surface area contributed by atoms with Gasteiger partial charge in [-0.3, -0.25) is 0 Å². The number of carbonyl (C=O) groups excluding carboxylic acids is 1. The standard InChI is InChI=1S/C18H24N4O.ClH/c1-13(2)19-18(23)22-10-8-21(9-11-22)17-12-14(3)15-6-4-5-7-16(15)20-17;/h4-7,12-13H,8-11H2,1-3H3,(H,19,23);1H. The summed E-state index contributed by atoms with van der Waals surface area (Å²) in [6.45, 7) is 9.18. The summed E-state index contributed by atoms with van der Waals surface area (Å²) in [6.07, 6.45) is 0. The molecule has 0 bridgehead atoms. The van der Waals surface area contributed by atoms with E-state index in [1.54, 1.807) is 0 Å². The molecule has 0 spiro atoms. The highest BCUT2D eigenvalue weighted by atomic mass is 35.5. The van der Waals surface area contributed by atoms with Crippen molar-refractivity contribution in [1.29, 1.82) is 0 Å².